The summed E-state index contributed by atoms with van der Waals surface area (Å²) in [7, 11) is 7.98. The number of hydrogen-bond acceptors (Lipinski definition) is 5. The first kappa shape index (κ1) is 23.7. The molecule has 0 bridgehead atoms. The molecule has 1 aliphatic rings. The van der Waals surface area contributed by atoms with Crippen LogP contribution in [0.25, 0.3) is 0 Å². The predicted molar refractivity (Wildman–Crippen MR) is 141 cm³/mol. The van der Waals surface area contributed by atoms with Crippen LogP contribution in [0.1, 0.15) is 57.6 Å². The smallest absolute Gasteiger partial charge is 0.340 e. The van der Waals surface area contributed by atoms with Gasteiger partial charge in [0.25, 0.3) is 0 Å². The highest BCUT2D eigenvalue weighted by molar-refractivity contribution is 5.97. The van der Waals surface area contributed by atoms with Gasteiger partial charge < -0.3 is 20.3 Å². The molecule has 2 N–H and O–H groups in total. The summed E-state index contributed by atoms with van der Waals surface area (Å²) in [5, 5.41) is 0. The number of anilines is 3. The molecule has 3 aromatic rings. The summed E-state index contributed by atoms with van der Waals surface area (Å²) in [4.78, 5) is 17.5. The van der Waals surface area contributed by atoms with Crippen molar-refractivity contribution in [1.82, 2.24) is 0 Å². The summed E-state index contributed by atoms with van der Waals surface area (Å²) in [6, 6.07) is 16.5. The normalized spacial score (nSPS) is 16.9. The van der Waals surface area contributed by atoms with Gasteiger partial charge in [0.1, 0.15) is 0 Å². The molecule has 0 amide bonds. The van der Waals surface area contributed by atoms with Crippen molar-refractivity contribution >= 4 is 23.0 Å². The SMILES string of the molecule is CCc1cc(C2(c3ccc(N(C)C)cc3)OC(=O)c3cc(N(C)C)ccc32)c(C)c(CC)c1N. The number of rotatable bonds is 6. The van der Waals surface area contributed by atoms with Gasteiger partial charge in [-0.1, -0.05) is 32.0 Å². The van der Waals surface area contributed by atoms with Gasteiger partial charge in [0, 0.05) is 61.9 Å². The molecule has 34 heavy (non-hydrogen) atoms. The number of carbonyl (C=O) groups excluding carboxylic acids is 1. The van der Waals surface area contributed by atoms with Crippen LogP contribution in [-0.2, 0) is 23.2 Å². The Bertz CT molecular complexity index is 1250. The number of nitrogens with zero attached hydrogens (tertiary/aromatic N) is 2. The van der Waals surface area contributed by atoms with E-state index in [4.69, 9.17) is 10.5 Å². The minimum atomic E-state index is -1.03. The maximum absolute atomic E-state index is 13.4. The third-order valence-corrected chi connectivity index (χ3v) is 7.11. The third-order valence-electron chi connectivity index (χ3n) is 7.11. The van der Waals surface area contributed by atoms with E-state index in [1.165, 1.54) is 0 Å². The van der Waals surface area contributed by atoms with Crippen LogP contribution in [0.15, 0.2) is 48.5 Å². The highest BCUT2D eigenvalue weighted by Gasteiger charge is 2.50. The Balaban J connectivity index is 2.09. The number of aryl methyl sites for hydroxylation is 1. The quantitative estimate of drug-likeness (QED) is 0.402. The Labute approximate surface area is 203 Å². The molecule has 178 valence electrons. The third kappa shape index (κ3) is 3.51. The van der Waals surface area contributed by atoms with Crippen molar-refractivity contribution in [3.63, 3.8) is 0 Å². The van der Waals surface area contributed by atoms with Crippen LogP contribution >= 0.6 is 0 Å². The molecular formula is C29H35N3O2. The van der Waals surface area contributed by atoms with Gasteiger partial charge in [0.05, 0.1) is 5.56 Å². The van der Waals surface area contributed by atoms with E-state index in [0.29, 0.717) is 5.56 Å². The topological polar surface area (TPSA) is 58.8 Å². The van der Waals surface area contributed by atoms with Crippen molar-refractivity contribution < 1.29 is 9.53 Å². The number of fused-ring (bicyclic) bond motifs is 1. The fraction of sp³-hybridized carbons (Fsp3) is 0.345. The Morgan fingerprint density at radius 3 is 2.03 bits per heavy atom. The molecule has 0 aromatic heterocycles. The zero-order chi connectivity index (χ0) is 24.8. The molecule has 1 heterocycles. The first-order valence-electron chi connectivity index (χ1n) is 11.9. The number of carbonyl (C=O) groups is 1. The van der Waals surface area contributed by atoms with Crippen LogP contribution in [0.5, 0.6) is 0 Å². The van der Waals surface area contributed by atoms with E-state index in [1.54, 1.807) is 0 Å². The lowest BCUT2D eigenvalue weighted by Gasteiger charge is -2.34. The summed E-state index contributed by atoms with van der Waals surface area (Å²) >= 11 is 0. The zero-order valence-electron chi connectivity index (χ0n) is 21.3. The number of ether oxygens (including phenoxy) is 1. The summed E-state index contributed by atoms with van der Waals surface area (Å²) in [5.74, 6) is -0.303. The van der Waals surface area contributed by atoms with Crippen molar-refractivity contribution in [2.45, 2.75) is 39.2 Å². The maximum atomic E-state index is 13.4. The number of nitrogen functional groups attached to an aromatic ring is 1. The van der Waals surface area contributed by atoms with E-state index < -0.39 is 5.60 Å². The van der Waals surface area contributed by atoms with E-state index in [9.17, 15) is 4.79 Å². The molecule has 1 unspecified atom stereocenters. The number of hydrogen-bond donors (Lipinski definition) is 1. The van der Waals surface area contributed by atoms with E-state index in [1.807, 2.05) is 45.2 Å². The fourth-order valence-corrected chi connectivity index (χ4v) is 5.13. The van der Waals surface area contributed by atoms with Crippen LogP contribution in [0, 0.1) is 6.92 Å². The number of benzene rings is 3. The highest BCUT2D eigenvalue weighted by atomic mass is 16.6. The van der Waals surface area contributed by atoms with Gasteiger partial charge in [-0.15, -0.1) is 0 Å². The lowest BCUT2D eigenvalue weighted by molar-refractivity contribution is 0.0249. The van der Waals surface area contributed by atoms with E-state index in [-0.39, 0.29) is 5.97 Å². The van der Waals surface area contributed by atoms with E-state index in [0.717, 1.165) is 63.3 Å². The second-order valence-corrected chi connectivity index (χ2v) is 9.44. The van der Waals surface area contributed by atoms with Gasteiger partial charge in [0.2, 0.25) is 0 Å². The van der Waals surface area contributed by atoms with Gasteiger partial charge in [-0.25, -0.2) is 4.79 Å². The Hall–Kier alpha value is -3.47. The van der Waals surface area contributed by atoms with Crippen molar-refractivity contribution in [2.24, 2.45) is 0 Å². The van der Waals surface area contributed by atoms with Crippen LogP contribution in [0.3, 0.4) is 0 Å². The lowest BCUT2D eigenvalue weighted by atomic mass is 9.75. The van der Waals surface area contributed by atoms with Crippen LogP contribution in [0.4, 0.5) is 17.1 Å². The minimum Gasteiger partial charge on any atom is -0.441 e. The standard InChI is InChI=1S/C29H35N3O2/c1-8-19-16-26(18(3)23(9-2)27(19)30)29(20-10-12-21(13-11-20)31(4)5)25-15-14-22(32(6)7)17-24(25)28(33)34-29/h10-17H,8-9,30H2,1-7H3. The van der Waals surface area contributed by atoms with E-state index >= 15 is 0 Å². The molecule has 0 saturated heterocycles. The van der Waals surface area contributed by atoms with E-state index in [2.05, 4.69) is 62.1 Å². The molecule has 0 fully saturated rings. The number of cyclic esters (lactones) is 1. The summed E-state index contributed by atoms with van der Waals surface area (Å²) in [6.45, 7) is 6.33. The van der Waals surface area contributed by atoms with Crippen molar-refractivity contribution in [3.05, 3.63) is 87.5 Å². The number of nitrogens with two attached hydrogens (primary N) is 1. The first-order valence-corrected chi connectivity index (χ1v) is 11.9. The molecule has 0 spiro atoms. The van der Waals surface area contributed by atoms with Gasteiger partial charge >= 0.3 is 5.97 Å². The van der Waals surface area contributed by atoms with Crippen LogP contribution in [-0.4, -0.2) is 34.2 Å². The molecule has 4 rings (SSSR count). The second-order valence-electron chi connectivity index (χ2n) is 9.44. The van der Waals surface area contributed by atoms with Crippen LogP contribution < -0.4 is 15.5 Å². The average Bonchev–Trinajstić information content (AvgIpc) is 3.12. The Kier molecular flexibility index (Phi) is 6.07. The van der Waals surface area contributed by atoms with Gasteiger partial charge in [0.15, 0.2) is 5.60 Å². The summed E-state index contributed by atoms with van der Waals surface area (Å²) in [5.41, 5.74) is 15.1. The molecular weight excluding hydrogens is 422 g/mol. The first-order chi connectivity index (χ1) is 16.1. The average molecular weight is 458 g/mol. The van der Waals surface area contributed by atoms with Gasteiger partial charge in [-0.05, 0) is 66.8 Å². The summed E-state index contributed by atoms with van der Waals surface area (Å²) < 4.78 is 6.43. The molecule has 3 aromatic carbocycles. The predicted octanol–water partition coefficient (Wildman–Crippen LogP) is 5.30. The lowest BCUT2D eigenvalue weighted by Crippen LogP contribution is -2.31. The molecule has 1 atom stereocenters. The fourth-order valence-electron chi connectivity index (χ4n) is 5.13. The molecule has 5 heteroatoms. The molecule has 5 nitrogen and oxygen atoms in total. The maximum Gasteiger partial charge on any atom is 0.340 e. The summed E-state index contributed by atoms with van der Waals surface area (Å²) in [6.07, 6.45) is 1.62. The minimum absolute atomic E-state index is 0.303. The van der Waals surface area contributed by atoms with Gasteiger partial charge in [-0.2, -0.15) is 0 Å². The molecule has 0 radical (unpaired) electrons. The molecule has 1 aliphatic heterocycles. The monoisotopic (exact) mass is 457 g/mol. The largest absolute Gasteiger partial charge is 0.441 e. The van der Waals surface area contributed by atoms with Crippen molar-refractivity contribution in [2.75, 3.05) is 43.7 Å². The number of esters is 1. The van der Waals surface area contributed by atoms with Crippen molar-refractivity contribution in [3.8, 4) is 0 Å². The van der Waals surface area contributed by atoms with Gasteiger partial charge in [-0.3, -0.25) is 0 Å². The molecule has 0 aliphatic carbocycles. The van der Waals surface area contributed by atoms with Crippen LogP contribution in [0.2, 0.25) is 0 Å². The Morgan fingerprint density at radius 1 is 0.853 bits per heavy atom. The Morgan fingerprint density at radius 2 is 1.47 bits per heavy atom. The second kappa shape index (κ2) is 8.71. The highest BCUT2D eigenvalue weighted by Crippen LogP contribution is 2.50. The zero-order valence-corrected chi connectivity index (χ0v) is 21.3. The molecule has 0 saturated carbocycles. The van der Waals surface area contributed by atoms with Crippen molar-refractivity contribution in [1.29, 1.82) is 0 Å².